The van der Waals surface area contributed by atoms with Crippen LogP contribution in [0.25, 0.3) is 0 Å². The zero-order valence-corrected chi connectivity index (χ0v) is 9.76. The van der Waals surface area contributed by atoms with Crippen LogP contribution in [0.2, 0.25) is 0 Å². The van der Waals surface area contributed by atoms with Crippen LogP contribution in [-0.2, 0) is 0 Å². The molecule has 0 bridgehead atoms. The molecular formula is C14H24. The lowest BCUT2D eigenvalue weighted by atomic mass is 9.75. The lowest BCUT2D eigenvalue weighted by molar-refractivity contribution is 0.196. The van der Waals surface area contributed by atoms with Gasteiger partial charge in [-0.25, -0.2) is 0 Å². The van der Waals surface area contributed by atoms with E-state index in [-0.39, 0.29) is 0 Å². The monoisotopic (exact) mass is 192 g/mol. The van der Waals surface area contributed by atoms with Gasteiger partial charge in [0.2, 0.25) is 0 Å². The smallest absolute Gasteiger partial charge is 0.0266 e. The van der Waals surface area contributed by atoms with Crippen molar-refractivity contribution in [2.75, 3.05) is 0 Å². The molecule has 0 N–H and O–H groups in total. The predicted molar refractivity (Wildman–Crippen MR) is 60.1 cm³/mol. The number of hydrogen-bond acceptors (Lipinski definition) is 0. The van der Waals surface area contributed by atoms with E-state index in [1.54, 1.807) is 25.7 Å². The Labute approximate surface area is 88.5 Å². The van der Waals surface area contributed by atoms with Gasteiger partial charge < -0.3 is 0 Å². The molecule has 4 unspecified atom stereocenters. The third-order valence-corrected chi connectivity index (χ3v) is 6.08. The van der Waals surface area contributed by atoms with E-state index in [0.29, 0.717) is 0 Å². The van der Waals surface area contributed by atoms with Gasteiger partial charge in [-0.05, 0) is 54.8 Å². The summed E-state index contributed by atoms with van der Waals surface area (Å²) in [5.74, 6) is 4.46. The Hall–Kier alpha value is 0. The topological polar surface area (TPSA) is 0 Å². The Morgan fingerprint density at radius 2 is 2.00 bits per heavy atom. The molecule has 0 aromatic carbocycles. The van der Waals surface area contributed by atoms with Crippen molar-refractivity contribution in [2.45, 2.75) is 58.8 Å². The van der Waals surface area contributed by atoms with Crippen LogP contribution in [0, 0.1) is 29.1 Å². The summed E-state index contributed by atoms with van der Waals surface area (Å²) in [7, 11) is 0. The maximum atomic E-state index is 2.51. The molecule has 14 heavy (non-hydrogen) atoms. The van der Waals surface area contributed by atoms with Crippen molar-refractivity contribution in [1.29, 1.82) is 0 Å². The predicted octanol–water partition coefficient (Wildman–Crippen LogP) is 4.25. The largest absolute Gasteiger partial charge is 0.0648 e. The maximum Gasteiger partial charge on any atom is -0.0266 e. The number of hydrogen-bond donors (Lipinski definition) is 0. The summed E-state index contributed by atoms with van der Waals surface area (Å²) < 4.78 is 0. The normalized spacial score (nSPS) is 56.1. The zero-order valence-electron chi connectivity index (χ0n) is 9.76. The van der Waals surface area contributed by atoms with Crippen molar-refractivity contribution in [1.82, 2.24) is 0 Å². The fourth-order valence-corrected chi connectivity index (χ4v) is 5.30. The molecule has 3 aliphatic rings. The molecule has 0 aromatic heterocycles. The average molecular weight is 192 g/mol. The molecule has 0 aliphatic heterocycles. The van der Waals surface area contributed by atoms with Crippen LogP contribution in [0.4, 0.5) is 0 Å². The Morgan fingerprint density at radius 3 is 2.79 bits per heavy atom. The fourth-order valence-electron chi connectivity index (χ4n) is 5.30. The molecule has 0 radical (unpaired) electrons. The minimum Gasteiger partial charge on any atom is -0.0648 e. The highest BCUT2D eigenvalue weighted by atomic mass is 14.6. The van der Waals surface area contributed by atoms with Gasteiger partial charge in [0, 0.05) is 0 Å². The summed E-state index contributed by atoms with van der Waals surface area (Å²) in [4.78, 5) is 0. The van der Waals surface area contributed by atoms with Crippen molar-refractivity contribution < 1.29 is 0 Å². The second-order valence-corrected chi connectivity index (χ2v) is 6.30. The quantitative estimate of drug-likeness (QED) is 0.582. The third kappa shape index (κ3) is 1.01. The molecule has 0 heterocycles. The molecule has 0 spiro atoms. The second kappa shape index (κ2) is 3.00. The molecule has 0 aromatic rings. The summed E-state index contributed by atoms with van der Waals surface area (Å²) in [6.45, 7) is 4.96. The summed E-state index contributed by atoms with van der Waals surface area (Å²) in [5.41, 5.74) is 0.823. The van der Waals surface area contributed by atoms with E-state index in [1.165, 1.54) is 19.3 Å². The van der Waals surface area contributed by atoms with Crippen molar-refractivity contribution in [3.63, 3.8) is 0 Å². The van der Waals surface area contributed by atoms with Gasteiger partial charge in [-0.15, -0.1) is 0 Å². The van der Waals surface area contributed by atoms with Crippen molar-refractivity contribution >= 4 is 0 Å². The van der Waals surface area contributed by atoms with Gasteiger partial charge in [-0.1, -0.05) is 33.1 Å². The SMILES string of the molecule is CCC12CCCC1C1CC[C@@H](C)C1C2. The van der Waals surface area contributed by atoms with Crippen molar-refractivity contribution in [3.8, 4) is 0 Å². The summed E-state index contributed by atoms with van der Waals surface area (Å²) in [6.07, 6.45) is 10.8. The van der Waals surface area contributed by atoms with Crippen LogP contribution < -0.4 is 0 Å². The van der Waals surface area contributed by atoms with Crippen molar-refractivity contribution in [3.05, 3.63) is 0 Å². The first-order valence-electron chi connectivity index (χ1n) is 6.77. The molecule has 0 saturated heterocycles. The van der Waals surface area contributed by atoms with E-state index in [4.69, 9.17) is 0 Å². The van der Waals surface area contributed by atoms with E-state index in [1.807, 2.05) is 0 Å². The molecule has 5 atom stereocenters. The first-order valence-corrected chi connectivity index (χ1v) is 6.77. The van der Waals surface area contributed by atoms with Crippen LogP contribution >= 0.6 is 0 Å². The van der Waals surface area contributed by atoms with E-state index < -0.39 is 0 Å². The number of fused-ring (bicyclic) bond motifs is 3. The van der Waals surface area contributed by atoms with E-state index in [2.05, 4.69) is 13.8 Å². The zero-order chi connectivity index (χ0) is 9.76. The third-order valence-electron chi connectivity index (χ3n) is 6.08. The Balaban J connectivity index is 1.89. The highest BCUT2D eigenvalue weighted by Gasteiger charge is 2.56. The average Bonchev–Trinajstić information content (AvgIpc) is 2.78. The minimum absolute atomic E-state index is 0.823. The molecule has 80 valence electrons. The second-order valence-electron chi connectivity index (χ2n) is 6.30. The first kappa shape index (κ1) is 9.24. The number of rotatable bonds is 1. The van der Waals surface area contributed by atoms with Crippen LogP contribution in [0.1, 0.15) is 58.8 Å². The molecular weight excluding hydrogens is 168 g/mol. The Bertz CT molecular complexity index is 232. The van der Waals surface area contributed by atoms with Gasteiger partial charge in [0.25, 0.3) is 0 Å². The van der Waals surface area contributed by atoms with Gasteiger partial charge in [-0.3, -0.25) is 0 Å². The Kier molecular flexibility index (Phi) is 1.98. The van der Waals surface area contributed by atoms with E-state index in [0.717, 1.165) is 29.1 Å². The first-order chi connectivity index (χ1) is 6.77. The Morgan fingerprint density at radius 1 is 1.14 bits per heavy atom. The summed E-state index contributed by atoms with van der Waals surface area (Å²) >= 11 is 0. The van der Waals surface area contributed by atoms with Gasteiger partial charge in [-0.2, -0.15) is 0 Å². The summed E-state index contributed by atoms with van der Waals surface area (Å²) in [6, 6.07) is 0. The summed E-state index contributed by atoms with van der Waals surface area (Å²) in [5, 5.41) is 0. The molecule has 3 rings (SSSR count). The van der Waals surface area contributed by atoms with E-state index in [9.17, 15) is 0 Å². The standard InChI is InChI=1S/C14H24/c1-3-14-8-4-5-13(14)11-7-6-10(2)12(11)9-14/h10-13H,3-9H2,1-2H3/t10-,11?,12?,13?,14?/m1/s1. The van der Waals surface area contributed by atoms with E-state index >= 15 is 0 Å². The van der Waals surface area contributed by atoms with Crippen molar-refractivity contribution in [2.24, 2.45) is 29.1 Å². The molecule has 3 aliphatic carbocycles. The van der Waals surface area contributed by atoms with Gasteiger partial charge in [0.05, 0.1) is 0 Å². The highest BCUT2D eigenvalue weighted by molar-refractivity contribution is 5.06. The molecule has 0 amide bonds. The molecule has 0 heteroatoms. The fraction of sp³-hybridized carbons (Fsp3) is 1.00. The van der Waals surface area contributed by atoms with Gasteiger partial charge in [0.15, 0.2) is 0 Å². The molecule has 3 saturated carbocycles. The lowest BCUT2D eigenvalue weighted by Crippen LogP contribution is -2.21. The van der Waals surface area contributed by atoms with Crippen LogP contribution in [-0.4, -0.2) is 0 Å². The van der Waals surface area contributed by atoms with Gasteiger partial charge in [0.1, 0.15) is 0 Å². The highest BCUT2D eigenvalue weighted by Crippen LogP contribution is 2.65. The minimum atomic E-state index is 0.823. The van der Waals surface area contributed by atoms with Crippen LogP contribution in [0.15, 0.2) is 0 Å². The molecule has 3 fully saturated rings. The lowest BCUT2D eigenvalue weighted by Gasteiger charge is -2.30. The van der Waals surface area contributed by atoms with Gasteiger partial charge >= 0.3 is 0 Å². The van der Waals surface area contributed by atoms with Crippen LogP contribution in [0.3, 0.4) is 0 Å². The molecule has 0 nitrogen and oxygen atoms in total. The van der Waals surface area contributed by atoms with Crippen LogP contribution in [0.5, 0.6) is 0 Å². The maximum absolute atomic E-state index is 2.51.